The van der Waals surface area contributed by atoms with Crippen molar-refractivity contribution in [3.05, 3.63) is 41.9 Å². The van der Waals surface area contributed by atoms with Gasteiger partial charge >= 0.3 is 0 Å². The van der Waals surface area contributed by atoms with Gasteiger partial charge in [0.05, 0.1) is 31.3 Å². The van der Waals surface area contributed by atoms with Crippen LogP contribution in [0, 0.1) is 6.92 Å². The second kappa shape index (κ2) is 7.65. The van der Waals surface area contributed by atoms with Gasteiger partial charge in [-0.15, -0.1) is 10.2 Å². The third-order valence-corrected chi connectivity index (χ3v) is 4.74. The van der Waals surface area contributed by atoms with Crippen molar-refractivity contribution >= 4 is 17.5 Å². The molecule has 0 fully saturated rings. The van der Waals surface area contributed by atoms with Crippen molar-refractivity contribution in [3.8, 4) is 23.0 Å². The highest BCUT2D eigenvalue weighted by Crippen LogP contribution is 2.32. The van der Waals surface area contributed by atoms with E-state index in [1.54, 1.807) is 44.6 Å². The van der Waals surface area contributed by atoms with Crippen LogP contribution in [-0.4, -0.2) is 35.5 Å². The van der Waals surface area contributed by atoms with Crippen LogP contribution < -0.4 is 9.47 Å². The number of ketones is 1. The number of aryl methyl sites for hydroxylation is 1. The normalized spacial score (nSPS) is 12.0. The highest BCUT2D eigenvalue weighted by molar-refractivity contribution is 8.00. The summed E-state index contributed by atoms with van der Waals surface area (Å²) in [5, 5.41) is 7.92. The number of furan rings is 1. The number of rotatable bonds is 7. The van der Waals surface area contributed by atoms with Gasteiger partial charge in [-0.05, 0) is 38.1 Å². The minimum Gasteiger partial charge on any atom is -0.493 e. The second-order valence-electron chi connectivity index (χ2n) is 5.46. The molecule has 2 heterocycles. The smallest absolute Gasteiger partial charge is 0.277 e. The van der Waals surface area contributed by atoms with E-state index in [2.05, 4.69) is 10.2 Å². The molecule has 0 aliphatic rings. The van der Waals surface area contributed by atoms with E-state index < -0.39 is 5.25 Å². The summed E-state index contributed by atoms with van der Waals surface area (Å²) in [4.78, 5) is 12.7. The van der Waals surface area contributed by atoms with E-state index in [4.69, 9.17) is 18.3 Å². The molecule has 0 aliphatic heterocycles. The monoisotopic (exact) mass is 374 g/mol. The number of benzene rings is 1. The lowest BCUT2D eigenvalue weighted by Gasteiger charge is -2.11. The zero-order valence-electron chi connectivity index (χ0n) is 14.8. The van der Waals surface area contributed by atoms with Crippen LogP contribution in [0.1, 0.15) is 23.0 Å². The van der Waals surface area contributed by atoms with Crippen molar-refractivity contribution in [2.75, 3.05) is 14.2 Å². The summed E-state index contributed by atoms with van der Waals surface area (Å²) < 4.78 is 21.3. The largest absolute Gasteiger partial charge is 0.493 e. The van der Waals surface area contributed by atoms with E-state index in [0.717, 1.165) is 5.56 Å². The van der Waals surface area contributed by atoms with Crippen molar-refractivity contribution in [2.24, 2.45) is 0 Å². The fourth-order valence-corrected chi connectivity index (χ4v) is 3.16. The standard InChI is InChI=1S/C18H18N2O5S/c1-10-13(7-8-24-10)17-19-20-18(25-17)26-11(2)16(21)12-5-6-14(22-3)15(9-12)23-4/h5-9,11H,1-4H3/t11-/m1/s1. The molecular formula is C18H18N2O5S. The molecule has 7 nitrogen and oxygen atoms in total. The molecule has 0 bridgehead atoms. The maximum atomic E-state index is 12.7. The van der Waals surface area contributed by atoms with Gasteiger partial charge in [-0.2, -0.15) is 0 Å². The van der Waals surface area contributed by atoms with E-state index in [-0.39, 0.29) is 5.78 Å². The van der Waals surface area contributed by atoms with Crippen LogP contribution in [0.2, 0.25) is 0 Å². The summed E-state index contributed by atoms with van der Waals surface area (Å²) in [6.45, 7) is 3.60. The Hall–Kier alpha value is -2.74. The molecule has 0 spiro atoms. The fourth-order valence-electron chi connectivity index (χ4n) is 2.40. The summed E-state index contributed by atoms with van der Waals surface area (Å²) in [6.07, 6.45) is 1.56. The van der Waals surface area contributed by atoms with E-state index in [0.29, 0.717) is 33.9 Å². The minimum absolute atomic E-state index is 0.0739. The molecule has 136 valence electrons. The molecule has 0 saturated carbocycles. The average Bonchev–Trinajstić information content (AvgIpc) is 3.28. The molecule has 1 aromatic carbocycles. The van der Waals surface area contributed by atoms with Crippen LogP contribution in [-0.2, 0) is 0 Å². The van der Waals surface area contributed by atoms with Crippen molar-refractivity contribution in [2.45, 2.75) is 24.3 Å². The molecule has 0 unspecified atom stereocenters. The van der Waals surface area contributed by atoms with Gasteiger partial charge in [0, 0.05) is 5.56 Å². The Kier molecular flexibility index (Phi) is 5.32. The third kappa shape index (κ3) is 3.60. The lowest BCUT2D eigenvalue weighted by atomic mass is 10.1. The van der Waals surface area contributed by atoms with Gasteiger partial charge in [0.1, 0.15) is 5.76 Å². The Morgan fingerprint density at radius 2 is 1.92 bits per heavy atom. The summed E-state index contributed by atoms with van der Waals surface area (Å²) in [5.41, 5.74) is 1.26. The SMILES string of the molecule is COc1ccc(C(=O)[C@@H](C)Sc2nnc(-c3ccoc3C)o2)cc1OC. The predicted octanol–water partition coefficient (Wildman–Crippen LogP) is 4.02. The van der Waals surface area contributed by atoms with Crippen LogP contribution >= 0.6 is 11.8 Å². The number of hydrogen-bond acceptors (Lipinski definition) is 8. The Bertz CT molecular complexity index is 918. The fraction of sp³-hybridized carbons (Fsp3) is 0.278. The van der Waals surface area contributed by atoms with Crippen LogP contribution in [0.5, 0.6) is 11.5 Å². The molecule has 2 aromatic heterocycles. The van der Waals surface area contributed by atoms with Crippen molar-refractivity contribution < 1.29 is 23.1 Å². The first-order valence-corrected chi connectivity index (χ1v) is 8.72. The third-order valence-electron chi connectivity index (χ3n) is 3.81. The number of thioether (sulfide) groups is 1. The number of Topliss-reactive ketones (excluding diaryl/α,β-unsaturated/α-hetero) is 1. The first-order chi connectivity index (χ1) is 12.5. The molecule has 8 heteroatoms. The molecule has 26 heavy (non-hydrogen) atoms. The van der Waals surface area contributed by atoms with Crippen molar-refractivity contribution in [1.82, 2.24) is 10.2 Å². The summed E-state index contributed by atoms with van der Waals surface area (Å²) in [7, 11) is 3.08. The highest BCUT2D eigenvalue weighted by atomic mass is 32.2. The van der Waals surface area contributed by atoms with Crippen molar-refractivity contribution in [3.63, 3.8) is 0 Å². The Morgan fingerprint density at radius 1 is 1.15 bits per heavy atom. The molecule has 0 amide bonds. The highest BCUT2D eigenvalue weighted by Gasteiger charge is 2.22. The quantitative estimate of drug-likeness (QED) is 0.453. The first kappa shape index (κ1) is 18.1. The Balaban J connectivity index is 1.74. The zero-order valence-corrected chi connectivity index (χ0v) is 15.6. The molecule has 3 aromatic rings. The predicted molar refractivity (Wildman–Crippen MR) is 95.9 cm³/mol. The molecular weight excluding hydrogens is 356 g/mol. The summed E-state index contributed by atoms with van der Waals surface area (Å²) in [6, 6.07) is 6.83. The summed E-state index contributed by atoms with van der Waals surface area (Å²) >= 11 is 1.20. The van der Waals surface area contributed by atoms with E-state index in [1.165, 1.54) is 18.9 Å². The first-order valence-electron chi connectivity index (χ1n) is 7.84. The molecule has 0 N–H and O–H groups in total. The summed E-state index contributed by atoms with van der Waals surface area (Å²) in [5.74, 6) is 2.06. The van der Waals surface area contributed by atoms with Crippen molar-refractivity contribution in [1.29, 1.82) is 0 Å². The Labute approximate surface area is 154 Å². The van der Waals surface area contributed by atoms with Gasteiger partial charge in [-0.3, -0.25) is 4.79 Å². The molecule has 3 rings (SSSR count). The van der Waals surface area contributed by atoms with E-state index >= 15 is 0 Å². The van der Waals surface area contributed by atoms with Gasteiger partial charge < -0.3 is 18.3 Å². The molecule has 1 atom stereocenters. The minimum atomic E-state index is -0.410. The van der Waals surface area contributed by atoms with Crippen LogP contribution in [0.4, 0.5) is 0 Å². The maximum Gasteiger partial charge on any atom is 0.277 e. The number of carbonyl (C=O) groups is 1. The van der Waals surface area contributed by atoms with Crippen LogP contribution in [0.3, 0.4) is 0 Å². The number of hydrogen-bond donors (Lipinski definition) is 0. The lowest BCUT2D eigenvalue weighted by molar-refractivity contribution is 0.0993. The topological polar surface area (TPSA) is 87.6 Å². The van der Waals surface area contributed by atoms with Gasteiger partial charge in [-0.1, -0.05) is 11.8 Å². The number of ether oxygens (including phenoxy) is 2. The number of carbonyl (C=O) groups excluding carboxylic acids is 1. The van der Waals surface area contributed by atoms with E-state index in [1.807, 2.05) is 6.92 Å². The lowest BCUT2D eigenvalue weighted by Crippen LogP contribution is -2.13. The van der Waals surface area contributed by atoms with Crippen LogP contribution in [0.25, 0.3) is 11.5 Å². The zero-order chi connectivity index (χ0) is 18.7. The van der Waals surface area contributed by atoms with Gasteiger partial charge in [-0.25, -0.2) is 0 Å². The number of aromatic nitrogens is 2. The molecule has 0 aliphatic carbocycles. The van der Waals surface area contributed by atoms with Gasteiger partial charge in [0.15, 0.2) is 17.3 Å². The van der Waals surface area contributed by atoms with Crippen LogP contribution in [0.15, 0.2) is 44.6 Å². The average molecular weight is 374 g/mol. The van der Waals surface area contributed by atoms with E-state index in [9.17, 15) is 4.79 Å². The second-order valence-corrected chi connectivity index (χ2v) is 6.75. The van der Waals surface area contributed by atoms with Gasteiger partial charge in [0.25, 0.3) is 11.1 Å². The number of methoxy groups -OCH3 is 2. The Morgan fingerprint density at radius 3 is 2.58 bits per heavy atom. The molecule has 0 radical (unpaired) electrons. The van der Waals surface area contributed by atoms with Gasteiger partial charge in [0.2, 0.25) is 0 Å². The molecule has 0 saturated heterocycles. The maximum absolute atomic E-state index is 12.7. The number of nitrogens with zero attached hydrogens (tertiary/aromatic N) is 2.